The molecule has 0 aromatic carbocycles. The summed E-state index contributed by atoms with van der Waals surface area (Å²) in [6.07, 6.45) is 6.16. The Hall–Kier alpha value is -0.690. The van der Waals surface area contributed by atoms with Gasteiger partial charge in [0.15, 0.2) is 0 Å². The summed E-state index contributed by atoms with van der Waals surface area (Å²) in [5.74, 6) is 5.08. The zero-order chi connectivity index (χ0) is 7.82. The fraction of sp³-hybridized carbons (Fsp3) is 0.429. The quantitative estimate of drug-likeness (QED) is 0.344. The van der Waals surface area contributed by atoms with E-state index in [4.69, 9.17) is 6.42 Å². The van der Waals surface area contributed by atoms with Crippen LogP contribution in [0.1, 0.15) is 12.8 Å². The lowest BCUT2D eigenvalue weighted by Crippen LogP contribution is -1.64. The molecule has 0 aliphatic carbocycles. The normalized spacial score (nSPS) is 10.8. The Bertz CT molecular complexity index is 204. The molecule has 0 aromatic rings. The van der Waals surface area contributed by atoms with E-state index in [-0.39, 0.29) is 0 Å². The van der Waals surface area contributed by atoms with Gasteiger partial charge >= 0.3 is 0 Å². The molecule has 0 saturated carbocycles. The van der Waals surface area contributed by atoms with Crippen LogP contribution in [0.3, 0.4) is 0 Å². The smallest absolute Gasteiger partial charge is 0.262 e. The molecule has 0 heterocycles. The summed E-state index contributed by atoms with van der Waals surface area (Å²) in [6, 6.07) is 0. The van der Waals surface area contributed by atoms with Gasteiger partial charge in [-0.05, 0) is 5.66 Å². The second-order valence-corrected chi connectivity index (χ2v) is 2.73. The first-order chi connectivity index (χ1) is 4.81. The van der Waals surface area contributed by atoms with Crippen LogP contribution in [0, 0.1) is 23.9 Å². The van der Waals surface area contributed by atoms with Crippen molar-refractivity contribution in [3.8, 4) is 23.9 Å². The molecule has 0 radical (unpaired) electrons. The predicted octanol–water partition coefficient (Wildman–Crippen LogP) is 1.48. The van der Waals surface area contributed by atoms with Crippen molar-refractivity contribution < 1.29 is 9.09 Å². The minimum Gasteiger partial charge on any atom is -0.325 e. The first kappa shape index (κ1) is 9.31. The van der Waals surface area contributed by atoms with Crippen molar-refractivity contribution in [1.29, 1.82) is 0 Å². The highest BCUT2D eigenvalue weighted by Gasteiger charge is 1.82. The van der Waals surface area contributed by atoms with E-state index in [1.54, 1.807) is 0 Å². The number of terminal acetylenes is 1. The van der Waals surface area contributed by atoms with Crippen LogP contribution in [0.2, 0.25) is 0 Å². The maximum atomic E-state index is 10.5. The number of unbranched alkanes of at least 4 members (excludes halogenated alkanes) is 1. The van der Waals surface area contributed by atoms with Crippen LogP contribution in [0.15, 0.2) is 0 Å². The molecule has 0 bridgehead atoms. The van der Waals surface area contributed by atoms with Gasteiger partial charge in [0.1, 0.15) is 0 Å². The standard InChI is InChI=1S/C7H9O2P/c1-3-4-5-6-7-10(8)9-2/h1,10H,4-5H2,2H3. The van der Waals surface area contributed by atoms with E-state index in [2.05, 4.69) is 22.0 Å². The van der Waals surface area contributed by atoms with E-state index in [0.29, 0.717) is 12.8 Å². The van der Waals surface area contributed by atoms with E-state index in [1.165, 1.54) is 7.11 Å². The minimum absolute atomic E-state index is 0.594. The average Bonchev–Trinajstić information content (AvgIpc) is 1.98. The summed E-state index contributed by atoms with van der Waals surface area (Å²) in [7, 11) is -0.717. The third kappa shape index (κ3) is 5.45. The number of rotatable bonds is 2. The van der Waals surface area contributed by atoms with Crippen molar-refractivity contribution in [2.24, 2.45) is 0 Å². The zero-order valence-corrected chi connectivity index (χ0v) is 6.81. The summed E-state index contributed by atoms with van der Waals surface area (Å²) >= 11 is 0. The number of hydrogen-bond acceptors (Lipinski definition) is 2. The molecule has 0 rings (SSSR count). The third-order valence-electron chi connectivity index (χ3n) is 0.770. The Morgan fingerprint density at radius 2 is 2.30 bits per heavy atom. The van der Waals surface area contributed by atoms with Crippen molar-refractivity contribution in [3.63, 3.8) is 0 Å². The van der Waals surface area contributed by atoms with Crippen LogP contribution in [0.25, 0.3) is 0 Å². The first-order valence-electron chi connectivity index (χ1n) is 2.81. The SMILES string of the molecule is C#CCCC#C[PH](=O)OC. The molecular weight excluding hydrogens is 147 g/mol. The Labute approximate surface area is 61.8 Å². The summed E-state index contributed by atoms with van der Waals surface area (Å²) in [5, 5.41) is 0. The van der Waals surface area contributed by atoms with Gasteiger partial charge in [0.2, 0.25) is 0 Å². The molecular formula is C7H9O2P. The van der Waals surface area contributed by atoms with Crippen molar-refractivity contribution in [2.45, 2.75) is 12.8 Å². The van der Waals surface area contributed by atoms with E-state index in [9.17, 15) is 4.57 Å². The van der Waals surface area contributed by atoms with E-state index in [1.807, 2.05) is 0 Å². The molecule has 54 valence electrons. The second-order valence-electron chi connectivity index (χ2n) is 1.50. The van der Waals surface area contributed by atoms with Crippen LogP contribution in [-0.4, -0.2) is 7.11 Å². The van der Waals surface area contributed by atoms with E-state index in [0.717, 1.165) is 0 Å². The summed E-state index contributed by atoms with van der Waals surface area (Å²) < 4.78 is 15.0. The molecule has 0 aliphatic rings. The van der Waals surface area contributed by atoms with Gasteiger partial charge in [0, 0.05) is 20.0 Å². The summed E-state index contributed by atoms with van der Waals surface area (Å²) in [4.78, 5) is 0. The van der Waals surface area contributed by atoms with Gasteiger partial charge in [-0.3, -0.25) is 4.57 Å². The maximum Gasteiger partial charge on any atom is 0.262 e. The van der Waals surface area contributed by atoms with Crippen LogP contribution in [0.4, 0.5) is 0 Å². The lowest BCUT2D eigenvalue weighted by Gasteiger charge is -1.83. The largest absolute Gasteiger partial charge is 0.325 e. The Balaban J connectivity index is 3.51. The molecule has 0 saturated heterocycles. The van der Waals surface area contributed by atoms with Crippen molar-refractivity contribution in [1.82, 2.24) is 0 Å². The lowest BCUT2D eigenvalue weighted by molar-refractivity contribution is 0.424. The maximum absolute atomic E-state index is 10.5. The fourth-order valence-corrected chi connectivity index (χ4v) is 0.692. The van der Waals surface area contributed by atoms with Crippen LogP contribution < -0.4 is 0 Å². The highest BCUT2D eigenvalue weighted by molar-refractivity contribution is 7.45. The van der Waals surface area contributed by atoms with E-state index < -0.39 is 8.03 Å². The second kappa shape index (κ2) is 6.43. The fourth-order valence-electron chi connectivity index (χ4n) is 0.320. The predicted molar refractivity (Wildman–Crippen MR) is 41.9 cm³/mol. The van der Waals surface area contributed by atoms with E-state index >= 15 is 0 Å². The van der Waals surface area contributed by atoms with Gasteiger partial charge in [-0.15, -0.1) is 12.3 Å². The minimum atomic E-state index is -2.09. The molecule has 0 N–H and O–H groups in total. The van der Waals surface area contributed by atoms with Gasteiger partial charge in [-0.1, -0.05) is 5.92 Å². The van der Waals surface area contributed by atoms with Gasteiger partial charge in [-0.2, -0.15) is 0 Å². The van der Waals surface area contributed by atoms with Gasteiger partial charge < -0.3 is 4.52 Å². The summed E-state index contributed by atoms with van der Waals surface area (Å²) in [5.41, 5.74) is 2.45. The molecule has 1 unspecified atom stereocenters. The lowest BCUT2D eigenvalue weighted by atomic mass is 10.3. The third-order valence-corrected chi connectivity index (χ3v) is 1.52. The van der Waals surface area contributed by atoms with Crippen LogP contribution in [-0.2, 0) is 9.09 Å². The van der Waals surface area contributed by atoms with Crippen molar-refractivity contribution in [3.05, 3.63) is 0 Å². The molecule has 0 spiro atoms. The molecule has 10 heavy (non-hydrogen) atoms. The van der Waals surface area contributed by atoms with Gasteiger partial charge in [-0.25, -0.2) is 0 Å². The van der Waals surface area contributed by atoms with Crippen molar-refractivity contribution in [2.75, 3.05) is 7.11 Å². The van der Waals surface area contributed by atoms with Crippen LogP contribution >= 0.6 is 8.03 Å². The summed E-state index contributed by atoms with van der Waals surface area (Å²) in [6.45, 7) is 0. The molecule has 0 aliphatic heterocycles. The molecule has 3 heteroatoms. The van der Waals surface area contributed by atoms with Crippen LogP contribution in [0.5, 0.6) is 0 Å². The monoisotopic (exact) mass is 156 g/mol. The molecule has 0 aromatic heterocycles. The molecule has 0 amide bonds. The topological polar surface area (TPSA) is 26.3 Å². The van der Waals surface area contributed by atoms with Gasteiger partial charge in [0.25, 0.3) is 8.03 Å². The molecule has 0 fully saturated rings. The Morgan fingerprint density at radius 3 is 2.80 bits per heavy atom. The zero-order valence-electron chi connectivity index (χ0n) is 5.81. The highest BCUT2D eigenvalue weighted by atomic mass is 31.1. The molecule has 1 atom stereocenters. The Kier molecular flexibility index (Phi) is 5.99. The molecule has 2 nitrogen and oxygen atoms in total. The average molecular weight is 156 g/mol. The first-order valence-corrected chi connectivity index (χ1v) is 4.13. The van der Waals surface area contributed by atoms with Gasteiger partial charge in [0.05, 0.1) is 0 Å². The Morgan fingerprint density at radius 1 is 1.60 bits per heavy atom. The highest BCUT2D eigenvalue weighted by Crippen LogP contribution is 2.16. The van der Waals surface area contributed by atoms with Crippen molar-refractivity contribution >= 4 is 8.03 Å². The number of hydrogen-bond donors (Lipinski definition) is 0.